The molecule has 24 heavy (non-hydrogen) atoms. The van der Waals surface area contributed by atoms with Crippen molar-refractivity contribution in [1.29, 1.82) is 0 Å². The highest BCUT2D eigenvalue weighted by Gasteiger charge is 2.15. The molecule has 2 rings (SSSR count). The minimum atomic E-state index is 0. The zero-order valence-corrected chi connectivity index (χ0v) is 17.2. The van der Waals surface area contributed by atoms with E-state index in [1.54, 1.807) is 21.3 Å². The van der Waals surface area contributed by atoms with E-state index in [-0.39, 0.29) is 24.0 Å². The Labute approximate surface area is 161 Å². The molecule has 0 radical (unpaired) electrons. The van der Waals surface area contributed by atoms with Crippen LogP contribution in [-0.2, 0) is 6.42 Å². The molecule has 0 amide bonds. The lowest BCUT2D eigenvalue weighted by molar-refractivity contribution is 0.368. The molecule has 1 aliphatic heterocycles. The number of ether oxygens (including phenoxy) is 3. The SMILES string of the molecule is CCC1CCN=C(NCCc2c(OC)cc(OC)cc2OC)N1.I. The Balaban J connectivity index is 0.00000288. The van der Waals surface area contributed by atoms with Gasteiger partial charge in [0.05, 0.1) is 21.3 Å². The summed E-state index contributed by atoms with van der Waals surface area (Å²) in [6.45, 7) is 3.82. The van der Waals surface area contributed by atoms with Crippen molar-refractivity contribution >= 4 is 29.9 Å². The van der Waals surface area contributed by atoms with Crippen LogP contribution >= 0.6 is 24.0 Å². The monoisotopic (exact) mass is 449 g/mol. The van der Waals surface area contributed by atoms with E-state index in [0.717, 1.165) is 61.1 Å². The van der Waals surface area contributed by atoms with Gasteiger partial charge in [-0.25, -0.2) is 0 Å². The molecule has 136 valence electrons. The van der Waals surface area contributed by atoms with Gasteiger partial charge in [0.2, 0.25) is 0 Å². The fraction of sp³-hybridized carbons (Fsp3) is 0.588. The molecule has 0 aliphatic carbocycles. The van der Waals surface area contributed by atoms with Gasteiger partial charge in [0.25, 0.3) is 0 Å². The molecule has 1 atom stereocenters. The van der Waals surface area contributed by atoms with Gasteiger partial charge < -0.3 is 24.8 Å². The maximum Gasteiger partial charge on any atom is 0.191 e. The van der Waals surface area contributed by atoms with Gasteiger partial charge in [0, 0.05) is 36.8 Å². The molecular formula is C17H28IN3O3. The fourth-order valence-corrected chi connectivity index (χ4v) is 2.69. The molecule has 0 saturated carbocycles. The summed E-state index contributed by atoms with van der Waals surface area (Å²) in [6, 6.07) is 4.27. The van der Waals surface area contributed by atoms with Crippen LogP contribution in [0.2, 0.25) is 0 Å². The molecule has 2 N–H and O–H groups in total. The van der Waals surface area contributed by atoms with Crippen molar-refractivity contribution in [1.82, 2.24) is 10.6 Å². The highest BCUT2D eigenvalue weighted by molar-refractivity contribution is 14.0. The molecule has 1 aromatic carbocycles. The smallest absolute Gasteiger partial charge is 0.191 e. The number of rotatable bonds is 7. The quantitative estimate of drug-likeness (QED) is 0.627. The summed E-state index contributed by atoms with van der Waals surface area (Å²) >= 11 is 0. The van der Waals surface area contributed by atoms with Crippen LogP contribution in [0.5, 0.6) is 17.2 Å². The molecule has 6 nitrogen and oxygen atoms in total. The topological polar surface area (TPSA) is 64.1 Å². The second-order valence-electron chi connectivity index (χ2n) is 5.46. The van der Waals surface area contributed by atoms with Crippen LogP contribution in [-0.4, -0.2) is 46.4 Å². The minimum absolute atomic E-state index is 0. The van der Waals surface area contributed by atoms with Crippen LogP contribution in [0.25, 0.3) is 0 Å². The van der Waals surface area contributed by atoms with Gasteiger partial charge >= 0.3 is 0 Å². The number of nitrogens with one attached hydrogen (secondary N) is 2. The van der Waals surface area contributed by atoms with Crippen LogP contribution in [0.1, 0.15) is 25.3 Å². The number of nitrogens with zero attached hydrogens (tertiary/aromatic N) is 1. The van der Waals surface area contributed by atoms with Gasteiger partial charge in [-0.15, -0.1) is 24.0 Å². The van der Waals surface area contributed by atoms with Crippen LogP contribution in [0.3, 0.4) is 0 Å². The summed E-state index contributed by atoms with van der Waals surface area (Å²) in [5.41, 5.74) is 1.02. The Kier molecular flexibility index (Phi) is 9.02. The predicted molar refractivity (Wildman–Crippen MR) is 107 cm³/mol. The first-order chi connectivity index (χ1) is 11.2. The normalized spacial score (nSPS) is 16.3. The zero-order chi connectivity index (χ0) is 16.7. The van der Waals surface area contributed by atoms with Gasteiger partial charge in [-0.2, -0.15) is 0 Å². The molecule has 0 fully saturated rings. The maximum absolute atomic E-state index is 5.47. The van der Waals surface area contributed by atoms with Gasteiger partial charge in [-0.3, -0.25) is 4.99 Å². The second-order valence-corrected chi connectivity index (χ2v) is 5.46. The van der Waals surface area contributed by atoms with Crippen molar-refractivity contribution in [3.63, 3.8) is 0 Å². The summed E-state index contributed by atoms with van der Waals surface area (Å²) in [4.78, 5) is 4.48. The third kappa shape index (κ3) is 5.32. The number of aliphatic imine (C=N–C) groups is 1. The van der Waals surface area contributed by atoms with Crippen molar-refractivity contribution in [3.05, 3.63) is 17.7 Å². The number of benzene rings is 1. The largest absolute Gasteiger partial charge is 0.496 e. The zero-order valence-electron chi connectivity index (χ0n) is 14.8. The molecule has 1 unspecified atom stereocenters. The van der Waals surface area contributed by atoms with E-state index in [1.165, 1.54) is 0 Å². The summed E-state index contributed by atoms with van der Waals surface area (Å²) < 4.78 is 16.2. The van der Waals surface area contributed by atoms with Crippen molar-refractivity contribution < 1.29 is 14.2 Å². The Morgan fingerprint density at radius 3 is 2.38 bits per heavy atom. The summed E-state index contributed by atoms with van der Waals surface area (Å²) in [5, 5.41) is 6.78. The van der Waals surface area contributed by atoms with Gasteiger partial charge in [-0.1, -0.05) is 6.92 Å². The lowest BCUT2D eigenvalue weighted by atomic mass is 10.1. The Bertz CT molecular complexity index is 527. The first-order valence-corrected chi connectivity index (χ1v) is 8.05. The van der Waals surface area contributed by atoms with E-state index >= 15 is 0 Å². The molecular weight excluding hydrogens is 421 g/mol. The van der Waals surface area contributed by atoms with Crippen molar-refractivity contribution in [2.75, 3.05) is 34.4 Å². The first-order valence-electron chi connectivity index (χ1n) is 8.05. The van der Waals surface area contributed by atoms with E-state index in [1.807, 2.05) is 12.1 Å². The molecule has 1 heterocycles. The molecule has 0 bridgehead atoms. The Morgan fingerprint density at radius 2 is 1.83 bits per heavy atom. The summed E-state index contributed by atoms with van der Waals surface area (Å²) in [5.74, 6) is 3.15. The molecule has 7 heteroatoms. The third-order valence-corrected chi connectivity index (χ3v) is 4.07. The highest BCUT2D eigenvalue weighted by Crippen LogP contribution is 2.34. The lowest BCUT2D eigenvalue weighted by Gasteiger charge is -2.24. The van der Waals surface area contributed by atoms with E-state index in [4.69, 9.17) is 14.2 Å². The average Bonchev–Trinajstić information content (AvgIpc) is 2.61. The van der Waals surface area contributed by atoms with Crippen molar-refractivity contribution in [2.45, 2.75) is 32.2 Å². The van der Waals surface area contributed by atoms with E-state index in [0.29, 0.717) is 6.04 Å². The number of methoxy groups -OCH3 is 3. The first kappa shape index (κ1) is 20.7. The Hall–Kier alpha value is -1.38. The predicted octanol–water partition coefficient (Wildman–Crippen LogP) is 2.59. The van der Waals surface area contributed by atoms with E-state index in [2.05, 4.69) is 22.5 Å². The Morgan fingerprint density at radius 1 is 1.17 bits per heavy atom. The maximum atomic E-state index is 5.47. The fourth-order valence-electron chi connectivity index (χ4n) is 2.69. The van der Waals surface area contributed by atoms with Crippen molar-refractivity contribution in [3.8, 4) is 17.2 Å². The summed E-state index contributed by atoms with van der Waals surface area (Å²) in [6.07, 6.45) is 2.98. The summed E-state index contributed by atoms with van der Waals surface area (Å²) in [7, 11) is 4.94. The van der Waals surface area contributed by atoms with Crippen molar-refractivity contribution in [2.24, 2.45) is 4.99 Å². The molecule has 0 aromatic heterocycles. The van der Waals surface area contributed by atoms with Crippen LogP contribution in [0.4, 0.5) is 0 Å². The molecule has 1 aromatic rings. The van der Waals surface area contributed by atoms with Crippen LogP contribution < -0.4 is 24.8 Å². The number of hydrogen-bond donors (Lipinski definition) is 2. The van der Waals surface area contributed by atoms with E-state index in [9.17, 15) is 0 Å². The third-order valence-electron chi connectivity index (χ3n) is 4.07. The second kappa shape index (κ2) is 10.5. The highest BCUT2D eigenvalue weighted by atomic mass is 127. The van der Waals surface area contributed by atoms with E-state index < -0.39 is 0 Å². The van der Waals surface area contributed by atoms with Crippen LogP contribution in [0, 0.1) is 0 Å². The molecule has 0 spiro atoms. The lowest BCUT2D eigenvalue weighted by Crippen LogP contribution is -2.46. The van der Waals surface area contributed by atoms with Gasteiger partial charge in [0.1, 0.15) is 17.2 Å². The van der Waals surface area contributed by atoms with Crippen LogP contribution in [0.15, 0.2) is 17.1 Å². The number of halogens is 1. The average molecular weight is 449 g/mol. The minimum Gasteiger partial charge on any atom is -0.496 e. The molecule has 1 aliphatic rings. The van der Waals surface area contributed by atoms with Gasteiger partial charge in [-0.05, 0) is 19.3 Å². The standard InChI is InChI=1S/C17H27N3O3.HI/c1-5-12-6-8-18-17(20-12)19-9-7-14-15(22-3)10-13(21-2)11-16(14)23-4;/h10-12H,5-9H2,1-4H3,(H2,18,19,20);1H. The number of hydrogen-bond acceptors (Lipinski definition) is 6. The van der Waals surface area contributed by atoms with Gasteiger partial charge in [0.15, 0.2) is 5.96 Å². The number of guanidine groups is 1. The molecule has 0 saturated heterocycles.